The van der Waals surface area contributed by atoms with Crippen LogP contribution in [0.5, 0.6) is 0 Å². The molecule has 0 fully saturated rings. The van der Waals surface area contributed by atoms with Gasteiger partial charge < -0.3 is 9.64 Å². The van der Waals surface area contributed by atoms with Crippen LogP contribution >= 0.6 is 23.2 Å². The van der Waals surface area contributed by atoms with E-state index < -0.39 is 6.09 Å². The monoisotopic (exact) mass is 409 g/mol. The predicted molar refractivity (Wildman–Crippen MR) is 103 cm³/mol. The molecule has 1 aromatic heterocycles. The van der Waals surface area contributed by atoms with Crippen molar-refractivity contribution >= 4 is 35.1 Å². The van der Waals surface area contributed by atoms with Crippen molar-refractivity contribution < 1.29 is 14.3 Å². The van der Waals surface area contributed by atoms with Gasteiger partial charge in [0.15, 0.2) is 5.78 Å². The maximum absolute atomic E-state index is 12.5. The lowest BCUT2D eigenvalue weighted by Crippen LogP contribution is -2.31. The van der Waals surface area contributed by atoms with Gasteiger partial charge in [-0.2, -0.15) is 5.10 Å². The first kappa shape index (κ1) is 19.7. The summed E-state index contributed by atoms with van der Waals surface area (Å²) in [5.41, 5.74) is 2.04. The number of carbonyl (C=O) groups is 2. The molecule has 0 atom stereocenters. The summed E-state index contributed by atoms with van der Waals surface area (Å²) in [6.45, 7) is 3.65. The molecule has 2 heterocycles. The van der Waals surface area contributed by atoms with Crippen LogP contribution in [0.2, 0.25) is 10.0 Å². The summed E-state index contributed by atoms with van der Waals surface area (Å²) in [7, 11) is 0. The Morgan fingerprint density at radius 1 is 1.15 bits per heavy atom. The number of halogens is 2. The quantitative estimate of drug-likeness (QED) is 0.670. The number of amides is 1. The first-order valence-corrected chi connectivity index (χ1v) is 9.68. The van der Waals surface area contributed by atoms with Crippen molar-refractivity contribution in [2.75, 3.05) is 6.54 Å². The van der Waals surface area contributed by atoms with Crippen LogP contribution < -0.4 is 0 Å². The molecule has 0 bridgehead atoms. The highest BCUT2D eigenvalue weighted by molar-refractivity contribution is 6.34. The molecule has 1 amide bonds. The van der Waals surface area contributed by atoms with E-state index in [1.165, 1.54) is 0 Å². The Morgan fingerprint density at radius 3 is 2.59 bits per heavy atom. The van der Waals surface area contributed by atoms with Crippen molar-refractivity contribution in [3.63, 3.8) is 0 Å². The lowest BCUT2D eigenvalue weighted by Gasteiger charge is -2.19. The molecular weight excluding hydrogens is 389 g/mol. The highest BCUT2D eigenvalue weighted by Gasteiger charge is 2.23. The van der Waals surface area contributed by atoms with Crippen LogP contribution in [0.25, 0.3) is 0 Å². The number of rotatable bonds is 5. The first-order valence-electron chi connectivity index (χ1n) is 8.93. The van der Waals surface area contributed by atoms with Crippen molar-refractivity contribution in [3.8, 4) is 0 Å². The molecule has 0 saturated heterocycles. The zero-order valence-electron chi connectivity index (χ0n) is 15.1. The second-order valence-electron chi connectivity index (χ2n) is 6.52. The molecule has 1 aliphatic rings. The fourth-order valence-electron chi connectivity index (χ4n) is 3.04. The largest absolute Gasteiger partial charge is 0.445 e. The lowest BCUT2D eigenvalue weighted by atomic mass is 10.2. The number of nitrogens with zero attached hydrogens (tertiary/aromatic N) is 3. The van der Waals surface area contributed by atoms with Crippen molar-refractivity contribution in [1.82, 2.24) is 14.7 Å². The van der Waals surface area contributed by atoms with E-state index in [9.17, 15) is 9.59 Å². The molecular formula is C19H21Cl2N3O3. The van der Waals surface area contributed by atoms with Gasteiger partial charge in [-0.15, -0.1) is 0 Å². The van der Waals surface area contributed by atoms with E-state index in [4.69, 9.17) is 27.9 Å². The normalized spacial score (nSPS) is 13.8. The topological polar surface area (TPSA) is 64.4 Å². The molecule has 1 aromatic carbocycles. The Hall–Kier alpha value is -2.05. The molecule has 0 radical (unpaired) electrons. The maximum Gasteiger partial charge on any atom is 0.410 e. The van der Waals surface area contributed by atoms with Crippen molar-refractivity contribution in [3.05, 3.63) is 51.3 Å². The number of aryl methyl sites for hydroxylation is 1. The van der Waals surface area contributed by atoms with Gasteiger partial charge in [-0.05, 0) is 42.7 Å². The van der Waals surface area contributed by atoms with Crippen LogP contribution in [-0.4, -0.2) is 33.1 Å². The minimum atomic E-state index is -0.415. The number of carbonyl (C=O) groups excluding carboxylic acids is 2. The number of hydrogen-bond donors (Lipinski definition) is 0. The van der Waals surface area contributed by atoms with Gasteiger partial charge >= 0.3 is 6.09 Å². The van der Waals surface area contributed by atoms with Gasteiger partial charge in [-0.25, -0.2) is 4.79 Å². The van der Waals surface area contributed by atoms with Gasteiger partial charge in [-0.3, -0.25) is 9.48 Å². The van der Waals surface area contributed by atoms with Crippen LogP contribution in [0.1, 0.15) is 47.9 Å². The molecule has 1 aliphatic heterocycles. The van der Waals surface area contributed by atoms with E-state index >= 15 is 0 Å². The minimum absolute atomic E-state index is 0.0324. The summed E-state index contributed by atoms with van der Waals surface area (Å²) >= 11 is 11.9. The first-order chi connectivity index (χ1) is 13.0. The van der Waals surface area contributed by atoms with E-state index in [0.29, 0.717) is 41.8 Å². The van der Waals surface area contributed by atoms with Gasteiger partial charge in [-0.1, -0.05) is 30.1 Å². The number of benzene rings is 1. The predicted octanol–water partition coefficient (Wildman–Crippen LogP) is 4.72. The molecule has 144 valence electrons. The fourth-order valence-corrected chi connectivity index (χ4v) is 3.61. The molecule has 2 aromatic rings. The summed E-state index contributed by atoms with van der Waals surface area (Å²) in [6, 6.07) is 6.83. The number of hydrogen-bond acceptors (Lipinski definition) is 4. The molecule has 0 N–H and O–H groups in total. The van der Waals surface area contributed by atoms with Crippen molar-refractivity contribution in [1.29, 1.82) is 0 Å². The standard InChI is InChI=1S/C19H21Cl2N3O3/c1-2-4-18(25)17-10-16-11-23(5-3-6-24(16)22-17)19(26)27-12-13-7-14(20)9-15(21)8-13/h7-10H,2-6,11-12H2,1H3. The highest BCUT2D eigenvalue weighted by atomic mass is 35.5. The van der Waals surface area contributed by atoms with E-state index in [-0.39, 0.29) is 12.4 Å². The Labute approximate surface area is 168 Å². The maximum atomic E-state index is 12.5. The molecule has 0 unspecified atom stereocenters. The summed E-state index contributed by atoms with van der Waals surface area (Å²) in [5.74, 6) is 0.0324. The van der Waals surface area contributed by atoms with Gasteiger partial charge in [0, 0.05) is 29.6 Å². The molecule has 3 rings (SSSR count). The van der Waals surface area contributed by atoms with Crippen LogP contribution in [0.15, 0.2) is 24.3 Å². The van der Waals surface area contributed by atoms with Gasteiger partial charge in [0.25, 0.3) is 0 Å². The Kier molecular flexibility index (Phi) is 6.39. The van der Waals surface area contributed by atoms with E-state index in [0.717, 1.165) is 24.1 Å². The summed E-state index contributed by atoms with van der Waals surface area (Å²) < 4.78 is 7.23. The third-order valence-corrected chi connectivity index (χ3v) is 4.76. The van der Waals surface area contributed by atoms with Gasteiger partial charge in [0.2, 0.25) is 0 Å². The number of fused-ring (bicyclic) bond motifs is 1. The van der Waals surface area contributed by atoms with Crippen LogP contribution in [0.4, 0.5) is 4.79 Å². The third kappa shape index (κ3) is 5.02. The van der Waals surface area contributed by atoms with Crippen LogP contribution in [0.3, 0.4) is 0 Å². The molecule has 0 spiro atoms. The number of Topliss-reactive ketones (excluding diaryl/α,β-unsaturated/α-hetero) is 1. The Morgan fingerprint density at radius 2 is 1.89 bits per heavy atom. The van der Waals surface area contributed by atoms with Gasteiger partial charge in [0.05, 0.1) is 12.2 Å². The number of ether oxygens (including phenoxy) is 1. The van der Waals surface area contributed by atoms with Crippen molar-refractivity contribution in [2.24, 2.45) is 0 Å². The second kappa shape index (κ2) is 8.76. The van der Waals surface area contributed by atoms with E-state index in [1.807, 2.05) is 11.6 Å². The lowest BCUT2D eigenvalue weighted by molar-refractivity contribution is 0.0942. The third-order valence-electron chi connectivity index (χ3n) is 4.32. The van der Waals surface area contributed by atoms with Crippen molar-refractivity contribution in [2.45, 2.75) is 45.9 Å². The average Bonchev–Trinajstić information content (AvgIpc) is 2.91. The molecule has 8 heteroatoms. The van der Waals surface area contributed by atoms with E-state index in [2.05, 4.69) is 5.10 Å². The van der Waals surface area contributed by atoms with Crippen LogP contribution in [-0.2, 0) is 24.4 Å². The fraction of sp³-hybridized carbons (Fsp3) is 0.421. The minimum Gasteiger partial charge on any atom is -0.445 e. The second-order valence-corrected chi connectivity index (χ2v) is 7.40. The Balaban J connectivity index is 1.65. The average molecular weight is 410 g/mol. The summed E-state index contributed by atoms with van der Waals surface area (Å²) in [4.78, 5) is 26.2. The Bertz CT molecular complexity index is 830. The van der Waals surface area contributed by atoms with Crippen LogP contribution in [0, 0.1) is 0 Å². The number of ketones is 1. The molecule has 27 heavy (non-hydrogen) atoms. The molecule has 0 saturated carbocycles. The smallest absolute Gasteiger partial charge is 0.410 e. The number of aromatic nitrogens is 2. The highest BCUT2D eigenvalue weighted by Crippen LogP contribution is 2.20. The zero-order chi connectivity index (χ0) is 19.4. The van der Waals surface area contributed by atoms with Gasteiger partial charge in [0.1, 0.15) is 12.3 Å². The summed E-state index contributed by atoms with van der Waals surface area (Å²) in [6.07, 6.45) is 1.59. The SMILES string of the molecule is CCCC(=O)c1cc2n(n1)CCCN(C(=O)OCc1cc(Cl)cc(Cl)c1)C2. The summed E-state index contributed by atoms with van der Waals surface area (Å²) in [5, 5.41) is 5.39. The molecule has 0 aliphatic carbocycles. The zero-order valence-corrected chi connectivity index (χ0v) is 16.6. The van der Waals surface area contributed by atoms with E-state index in [1.54, 1.807) is 29.2 Å². The molecule has 6 nitrogen and oxygen atoms in total.